The molecule has 10 heteroatoms. The van der Waals surface area contributed by atoms with Crippen LogP contribution in [0.3, 0.4) is 0 Å². The predicted molar refractivity (Wildman–Crippen MR) is 210 cm³/mol. The van der Waals surface area contributed by atoms with Gasteiger partial charge in [0, 0.05) is 19.4 Å². The first kappa shape index (κ1) is 48.2. The van der Waals surface area contributed by atoms with Crippen LogP contribution < -0.4 is 5.32 Å². The Morgan fingerprint density at radius 1 is 0.627 bits per heavy atom. The van der Waals surface area contributed by atoms with Gasteiger partial charge in [-0.2, -0.15) is 0 Å². The lowest BCUT2D eigenvalue weighted by Crippen LogP contribution is -2.27. The molecule has 0 aromatic carbocycles. The van der Waals surface area contributed by atoms with Gasteiger partial charge in [-0.05, 0) is 64.2 Å². The van der Waals surface area contributed by atoms with Crippen LogP contribution in [0, 0.1) is 0 Å². The summed E-state index contributed by atoms with van der Waals surface area (Å²) in [5, 5.41) is 12.5. The van der Waals surface area contributed by atoms with Crippen LogP contribution in [-0.2, 0) is 27.9 Å². The Morgan fingerprint density at radius 3 is 1.65 bits per heavy atom. The standard InChI is InChI=1S/C41H68NO8P/c1-3-5-7-9-11-12-13-14-15-16-17-18-19-20-21-22-23-24-25-26-28-29-31-33-40(44)42-35-36-49-51(46,47)50-38-39(43)37-48-41(45)34-32-30-27-10-8-6-4-2/h5,7,11-12,14-15,17-18,20-21,23-24,26,28,39,43H,3-4,6,8-10,13,16,19,22,25,27,29-38H2,1-2H3,(H,42,44)(H,46,47)/b7-5-,12-11-,15-14-,18-17-,21-20-,24-23-,28-26-. The Morgan fingerprint density at radius 2 is 1.12 bits per heavy atom. The summed E-state index contributed by atoms with van der Waals surface area (Å²) in [5.41, 5.74) is 0. The average Bonchev–Trinajstić information content (AvgIpc) is 3.11. The Balaban J connectivity index is 3.75. The van der Waals surface area contributed by atoms with Crippen LogP contribution in [0.4, 0.5) is 0 Å². The van der Waals surface area contributed by atoms with E-state index in [1.165, 1.54) is 25.7 Å². The highest BCUT2D eigenvalue weighted by atomic mass is 31.2. The number of allylic oxidation sites excluding steroid dienone is 14. The summed E-state index contributed by atoms with van der Waals surface area (Å²) in [6.07, 6.45) is 45.5. The molecule has 290 valence electrons. The van der Waals surface area contributed by atoms with E-state index < -0.39 is 26.5 Å². The van der Waals surface area contributed by atoms with Crippen LogP contribution in [0.15, 0.2) is 85.1 Å². The average molecular weight is 734 g/mol. The number of unbranched alkanes of at least 4 members (excludes halogenated alkanes) is 7. The molecular weight excluding hydrogens is 665 g/mol. The van der Waals surface area contributed by atoms with Crippen molar-refractivity contribution in [2.75, 3.05) is 26.4 Å². The number of hydrogen-bond acceptors (Lipinski definition) is 7. The van der Waals surface area contributed by atoms with Gasteiger partial charge in [0.05, 0.1) is 13.2 Å². The minimum atomic E-state index is -4.43. The van der Waals surface area contributed by atoms with Crippen molar-refractivity contribution in [1.29, 1.82) is 0 Å². The van der Waals surface area contributed by atoms with Gasteiger partial charge in [-0.3, -0.25) is 18.6 Å². The fraction of sp³-hybridized carbons (Fsp3) is 0.610. The fourth-order valence-electron chi connectivity index (χ4n) is 4.48. The molecule has 2 unspecified atom stereocenters. The quantitative estimate of drug-likeness (QED) is 0.0258. The number of carbonyl (C=O) groups is 2. The molecule has 0 spiro atoms. The third-order valence-electron chi connectivity index (χ3n) is 7.34. The lowest BCUT2D eigenvalue weighted by atomic mass is 10.1. The van der Waals surface area contributed by atoms with Crippen molar-refractivity contribution in [3.8, 4) is 0 Å². The summed E-state index contributed by atoms with van der Waals surface area (Å²) in [5.74, 6) is -0.592. The summed E-state index contributed by atoms with van der Waals surface area (Å²) in [4.78, 5) is 33.6. The van der Waals surface area contributed by atoms with E-state index in [4.69, 9.17) is 13.8 Å². The second-order valence-corrected chi connectivity index (χ2v) is 13.6. The number of rotatable bonds is 34. The SMILES string of the molecule is CC/C=C\C/C=C\C/C=C\C/C=C\C/C=C\C/C=C\C/C=C\CCCC(=O)NCCOP(=O)(O)OCC(O)COC(=O)CCCCCCCCC. The van der Waals surface area contributed by atoms with Crippen LogP contribution in [0.1, 0.15) is 129 Å². The van der Waals surface area contributed by atoms with Gasteiger partial charge in [0.25, 0.3) is 0 Å². The van der Waals surface area contributed by atoms with Crippen LogP contribution >= 0.6 is 7.82 Å². The zero-order valence-corrected chi connectivity index (χ0v) is 32.4. The zero-order chi connectivity index (χ0) is 37.5. The number of ether oxygens (including phenoxy) is 1. The summed E-state index contributed by atoms with van der Waals surface area (Å²) in [6, 6.07) is 0. The highest BCUT2D eigenvalue weighted by molar-refractivity contribution is 7.47. The molecule has 0 aliphatic rings. The van der Waals surface area contributed by atoms with E-state index in [1.807, 2.05) is 0 Å². The van der Waals surface area contributed by atoms with Gasteiger partial charge < -0.3 is 20.1 Å². The first-order valence-electron chi connectivity index (χ1n) is 19.1. The Labute approximate surface area is 309 Å². The molecule has 0 aromatic rings. The van der Waals surface area contributed by atoms with E-state index in [2.05, 4.69) is 104 Å². The number of hydrogen-bond donors (Lipinski definition) is 3. The number of amides is 1. The maximum atomic E-state index is 12.0. The second-order valence-electron chi connectivity index (χ2n) is 12.2. The smallest absolute Gasteiger partial charge is 0.463 e. The molecule has 0 aliphatic carbocycles. The molecule has 0 fully saturated rings. The summed E-state index contributed by atoms with van der Waals surface area (Å²) >= 11 is 0. The first-order chi connectivity index (χ1) is 24.8. The van der Waals surface area contributed by atoms with Crippen molar-refractivity contribution in [1.82, 2.24) is 5.32 Å². The van der Waals surface area contributed by atoms with E-state index in [0.717, 1.165) is 70.6 Å². The van der Waals surface area contributed by atoms with Crippen LogP contribution in [0.5, 0.6) is 0 Å². The minimum absolute atomic E-state index is 0.0457. The van der Waals surface area contributed by atoms with E-state index in [9.17, 15) is 24.2 Å². The topological polar surface area (TPSA) is 131 Å². The molecule has 0 bridgehead atoms. The highest BCUT2D eigenvalue weighted by Crippen LogP contribution is 2.42. The lowest BCUT2D eigenvalue weighted by Gasteiger charge is -2.15. The molecule has 0 saturated heterocycles. The molecule has 3 N–H and O–H groups in total. The van der Waals surface area contributed by atoms with E-state index in [0.29, 0.717) is 12.8 Å². The first-order valence-corrected chi connectivity index (χ1v) is 20.6. The minimum Gasteiger partial charge on any atom is -0.463 e. The van der Waals surface area contributed by atoms with Gasteiger partial charge in [-0.15, -0.1) is 0 Å². The third kappa shape index (κ3) is 38.3. The number of nitrogens with one attached hydrogen (secondary N) is 1. The molecule has 0 aliphatic heterocycles. The second kappa shape index (κ2) is 37.0. The van der Waals surface area contributed by atoms with Crippen molar-refractivity contribution in [3.05, 3.63) is 85.1 Å². The normalized spacial score (nSPS) is 14.4. The number of aliphatic hydroxyl groups is 1. The molecular formula is C41H68NO8P. The van der Waals surface area contributed by atoms with Crippen LogP contribution in [0.2, 0.25) is 0 Å². The van der Waals surface area contributed by atoms with Crippen molar-refractivity contribution < 1.29 is 37.9 Å². The largest absolute Gasteiger partial charge is 0.472 e. The number of aliphatic hydroxyl groups excluding tert-OH is 1. The van der Waals surface area contributed by atoms with Gasteiger partial charge in [-0.25, -0.2) is 4.57 Å². The van der Waals surface area contributed by atoms with Gasteiger partial charge in [0.2, 0.25) is 5.91 Å². The predicted octanol–water partition coefficient (Wildman–Crippen LogP) is 10.1. The number of esters is 1. The van der Waals surface area contributed by atoms with Crippen molar-refractivity contribution >= 4 is 19.7 Å². The van der Waals surface area contributed by atoms with Crippen LogP contribution in [-0.4, -0.2) is 54.3 Å². The van der Waals surface area contributed by atoms with E-state index >= 15 is 0 Å². The number of phosphoric ester groups is 1. The molecule has 51 heavy (non-hydrogen) atoms. The third-order valence-corrected chi connectivity index (χ3v) is 8.32. The van der Waals surface area contributed by atoms with E-state index in [-0.39, 0.29) is 32.1 Å². The van der Waals surface area contributed by atoms with Gasteiger partial charge in [-0.1, -0.05) is 137 Å². The maximum absolute atomic E-state index is 12.0. The van der Waals surface area contributed by atoms with Gasteiger partial charge in [0.1, 0.15) is 12.7 Å². The molecule has 0 heterocycles. The fourth-order valence-corrected chi connectivity index (χ4v) is 5.24. The van der Waals surface area contributed by atoms with Gasteiger partial charge >= 0.3 is 13.8 Å². The molecule has 0 saturated carbocycles. The van der Waals surface area contributed by atoms with Crippen molar-refractivity contribution in [2.45, 2.75) is 136 Å². The van der Waals surface area contributed by atoms with Crippen molar-refractivity contribution in [3.63, 3.8) is 0 Å². The summed E-state index contributed by atoms with van der Waals surface area (Å²) in [6.45, 7) is 3.27. The Hall–Kier alpha value is -2.81. The molecule has 0 radical (unpaired) electrons. The monoisotopic (exact) mass is 733 g/mol. The molecule has 9 nitrogen and oxygen atoms in total. The maximum Gasteiger partial charge on any atom is 0.472 e. The highest BCUT2D eigenvalue weighted by Gasteiger charge is 2.23. The Bertz CT molecular complexity index is 1110. The van der Waals surface area contributed by atoms with E-state index in [1.54, 1.807) is 0 Å². The molecule has 0 aromatic heterocycles. The summed E-state index contributed by atoms with van der Waals surface area (Å²) < 4.78 is 26.6. The Kier molecular flexibility index (Phi) is 34.9. The lowest BCUT2D eigenvalue weighted by molar-refractivity contribution is -0.147. The molecule has 2 atom stereocenters. The van der Waals surface area contributed by atoms with Crippen LogP contribution in [0.25, 0.3) is 0 Å². The number of phosphoric acid groups is 1. The molecule has 1 amide bonds. The zero-order valence-electron chi connectivity index (χ0n) is 31.5. The number of carbonyl (C=O) groups excluding carboxylic acids is 2. The summed E-state index contributed by atoms with van der Waals surface area (Å²) in [7, 11) is -4.43. The van der Waals surface area contributed by atoms with Gasteiger partial charge in [0.15, 0.2) is 0 Å². The van der Waals surface area contributed by atoms with Crippen molar-refractivity contribution in [2.24, 2.45) is 0 Å². The molecule has 0 rings (SSSR count).